The molecule has 2 fully saturated rings. The van der Waals surface area contributed by atoms with Crippen LogP contribution in [-0.2, 0) is 4.74 Å². The minimum Gasteiger partial charge on any atom is -0.496 e. The van der Waals surface area contributed by atoms with Gasteiger partial charge < -0.3 is 52.0 Å². The average molecular weight is 886 g/mol. The van der Waals surface area contributed by atoms with Crippen LogP contribution < -0.4 is 39.3 Å². The van der Waals surface area contributed by atoms with Gasteiger partial charge in [-0.3, -0.25) is 9.59 Å². The Hall–Kier alpha value is -6.16. The number of aliphatic hydroxyl groups is 1. The molecule has 340 valence electrons. The second kappa shape index (κ2) is 19.3. The summed E-state index contributed by atoms with van der Waals surface area (Å²) < 4.78 is 77.1. The normalized spacial score (nSPS) is 16.1. The molecule has 15 heteroatoms. The van der Waals surface area contributed by atoms with E-state index in [9.17, 15) is 23.5 Å². The highest BCUT2D eigenvalue weighted by Gasteiger charge is 2.34. The monoisotopic (exact) mass is 885 g/mol. The molecule has 2 atom stereocenters. The van der Waals surface area contributed by atoms with Crippen molar-refractivity contribution in [2.45, 2.75) is 58.7 Å². The van der Waals surface area contributed by atoms with Crippen LogP contribution in [0.25, 0.3) is 44.6 Å². The van der Waals surface area contributed by atoms with E-state index in [4.69, 9.17) is 42.0 Å². The number of alkyl halides is 2. The van der Waals surface area contributed by atoms with Crippen LogP contribution in [-0.4, -0.2) is 96.0 Å². The molecule has 4 heterocycles. The predicted molar refractivity (Wildman–Crippen MR) is 238 cm³/mol. The molecule has 0 amide bonds. The zero-order chi connectivity index (χ0) is 45.9. The number of halogens is 2. The number of aryl methyl sites for hydroxylation is 4. The highest BCUT2D eigenvalue weighted by atomic mass is 19.3. The van der Waals surface area contributed by atoms with Crippen molar-refractivity contribution in [3.8, 4) is 57.1 Å². The van der Waals surface area contributed by atoms with Gasteiger partial charge in [-0.05, 0) is 74.2 Å². The first-order chi connectivity index (χ1) is 30.6. The van der Waals surface area contributed by atoms with Gasteiger partial charge in [0.2, 0.25) is 0 Å². The van der Waals surface area contributed by atoms with E-state index < -0.39 is 12.0 Å². The number of epoxide rings is 1. The van der Waals surface area contributed by atoms with Crippen molar-refractivity contribution in [1.82, 2.24) is 4.90 Å². The van der Waals surface area contributed by atoms with Crippen LogP contribution in [0.3, 0.4) is 0 Å². The van der Waals surface area contributed by atoms with E-state index in [-0.39, 0.29) is 56.0 Å². The number of rotatable bonds is 14. The highest BCUT2D eigenvalue weighted by molar-refractivity contribution is 5.87. The predicted octanol–water partition coefficient (Wildman–Crippen LogP) is 8.44. The first kappa shape index (κ1) is 45.9. The van der Waals surface area contributed by atoms with Gasteiger partial charge in [-0.2, -0.15) is 0 Å². The van der Waals surface area contributed by atoms with Crippen LogP contribution in [0.1, 0.15) is 35.1 Å². The Labute approximate surface area is 369 Å². The minimum atomic E-state index is -2.61. The van der Waals surface area contributed by atoms with Crippen LogP contribution in [0.5, 0.6) is 34.5 Å². The number of aliphatic hydroxyl groups excluding tert-OH is 1. The zero-order valence-electron chi connectivity index (χ0n) is 37.2. The Kier molecular flexibility index (Phi) is 13.8. The van der Waals surface area contributed by atoms with Crippen molar-refractivity contribution in [2.75, 3.05) is 67.9 Å². The number of hydrogen-bond acceptors (Lipinski definition) is 13. The molecule has 0 unspecified atom stereocenters. The second-order valence-electron chi connectivity index (χ2n) is 16.1. The molecule has 13 nitrogen and oxygen atoms in total. The number of nitrogens with zero attached hydrogens (tertiary/aromatic N) is 1. The van der Waals surface area contributed by atoms with Crippen LogP contribution in [0, 0.1) is 27.7 Å². The van der Waals surface area contributed by atoms with Crippen molar-refractivity contribution in [2.24, 2.45) is 0 Å². The summed E-state index contributed by atoms with van der Waals surface area (Å²) in [6.07, 6.45) is -0.990. The van der Waals surface area contributed by atoms with Crippen LogP contribution in [0.4, 0.5) is 8.78 Å². The summed E-state index contributed by atoms with van der Waals surface area (Å²) in [7, 11) is 6.07. The number of β-amino-alcohol motifs (C(OH)–C–C–N with tert-alkyl or cyclic N) is 1. The molecular weight excluding hydrogens is 833 g/mol. The van der Waals surface area contributed by atoms with E-state index in [2.05, 4.69) is 0 Å². The van der Waals surface area contributed by atoms with Gasteiger partial charge in [0.1, 0.15) is 93.4 Å². The molecule has 6 aromatic rings. The quantitative estimate of drug-likeness (QED) is 0.104. The van der Waals surface area contributed by atoms with Crippen molar-refractivity contribution < 1.29 is 55.9 Å². The lowest BCUT2D eigenvalue weighted by Gasteiger charge is -2.32. The van der Waals surface area contributed by atoms with Crippen LogP contribution >= 0.6 is 0 Å². The van der Waals surface area contributed by atoms with Gasteiger partial charge in [-0.15, -0.1) is 0 Å². The number of methoxy groups -OCH3 is 4. The Morgan fingerprint density at radius 2 is 1.11 bits per heavy atom. The lowest BCUT2D eigenvalue weighted by atomic mass is 10.0. The van der Waals surface area contributed by atoms with E-state index in [0.717, 1.165) is 40.2 Å². The molecule has 1 N–H and O–H groups in total. The standard InChI is InChI=1S/C27H31F2NO6.C22H22O6/c1-16-9-18(22-13-21(32)25-23(34-4)11-20(33-3)12-24(25)36-22)10-17(2)26(16)35-15-19(31)14-30-7-5-27(28,29)6-8-30;1-12-5-14(6-13(2)22(12)27-11-16-10-26-16)18-9-17(23)21-19(25-4)7-15(24-3)8-20(21)28-18/h9-13,19,31H,5-8,14-15H2,1-4H3;5-9,16H,10-11H2,1-4H3/t19-;16-/m11/s1. The Morgan fingerprint density at radius 3 is 1.52 bits per heavy atom. The number of ether oxygens (including phenoxy) is 7. The molecular formula is C49H53F2NO12. The lowest BCUT2D eigenvalue weighted by Crippen LogP contribution is -2.44. The van der Waals surface area contributed by atoms with E-state index in [0.29, 0.717) is 74.4 Å². The summed E-state index contributed by atoms with van der Waals surface area (Å²) in [5.74, 6) is 1.58. The number of hydrogen-bond donors (Lipinski definition) is 1. The van der Waals surface area contributed by atoms with E-state index in [1.54, 1.807) is 31.4 Å². The fourth-order valence-corrected chi connectivity index (χ4v) is 7.87. The molecule has 2 aliphatic heterocycles. The fourth-order valence-electron chi connectivity index (χ4n) is 7.87. The maximum absolute atomic E-state index is 13.3. The molecule has 0 spiro atoms. The molecule has 0 bridgehead atoms. The van der Waals surface area contributed by atoms with Gasteiger partial charge in [0.05, 0.1) is 35.0 Å². The summed E-state index contributed by atoms with van der Waals surface area (Å²) in [6, 6.07) is 17.2. The molecule has 2 saturated heterocycles. The molecule has 2 aliphatic rings. The third-order valence-electron chi connectivity index (χ3n) is 11.2. The summed E-state index contributed by atoms with van der Waals surface area (Å²) in [5.41, 5.74) is 5.43. The van der Waals surface area contributed by atoms with Gasteiger partial charge in [0, 0.05) is 80.0 Å². The highest BCUT2D eigenvalue weighted by Crippen LogP contribution is 2.37. The Morgan fingerprint density at radius 1 is 0.672 bits per heavy atom. The van der Waals surface area contributed by atoms with Crippen molar-refractivity contribution in [3.05, 3.63) is 103 Å². The topological polar surface area (TPSA) is 152 Å². The molecule has 0 radical (unpaired) electrons. The van der Waals surface area contributed by atoms with E-state index >= 15 is 0 Å². The molecule has 0 saturated carbocycles. The van der Waals surface area contributed by atoms with Gasteiger partial charge in [0.15, 0.2) is 10.9 Å². The minimum absolute atomic E-state index is 0.0402. The van der Waals surface area contributed by atoms with Gasteiger partial charge in [-0.25, -0.2) is 8.78 Å². The summed E-state index contributed by atoms with van der Waals surface area (Å²) in [6.45, 7) is 9.83. The first-order valence-electron chi connectivity index (χ1n) is 20.9. The first-order valence-corrected chi connectivity index (χ1v) is 20.9. The smallest absolute Gasteiger partial charge is 0.250 e. The van der Waals surface area contributed by atoms with Crippen molar-refractivity contribution in [1.29, 1.82) is 0 Å². The summed E-state index contributed by atoms with van der Waals surface area (Å²) in [5, 5.41) is 11.1. The second-order valence-corrected chi connectivity index (χ2v) is 16.1. The van der Waals surface area contributed by atoms with Crippen LogP contribution in [0.15, 0.2) is 79.1 Å². The third-order valence-corrected chi connectivity index (χ3v) is 11.2. The summed E-state index contributed by atoms with van der Waals surface area (Å²) in [4.78, 5) is 27.5. The number of likely N-dealkylation sites (tertiary alicyclic amines) is 1. The Bertz CT molecular complexity index is 2720. The molecule has 2 aromatic heterocycles. The average Bonchev–Trinajstić information content (AvgIpc) is 4.10. The third kappa shape index (κ3) is 10.4. The summed E-state index contributed by atoms with van der Waals surface area (Å²) >= 11 is 0. The van der Waals surface area contributed by atoms with E-state index in [1.165, 1.54) is 33.5 Å². The lowest BCUT2D eigenvalue weighted by molar-refractivity contribution is -0.0628. The molecule has 4 aromatic carbocycles. The van der Waals surface area contributed by atoms with Crippen molar-refractivity contribution >= 4 is 21.9 Å². The number of benzene rings is 4. The maximum atomic E-state index is 13.3. The molecule has 64 heavy (non-hydrogen) atoms. The molecule has 0 aliphatic carbocycles. The Balaban J connectivity index is 0.000000197. The van der Waals surface area contributed by atoms with Crippen LogP contribution in [0.2, 0.25) is 0 Å². The number of piperidine rings is 1. The van der Waals surface area contributed by atoms with E-state index in [1.807, 2.05) is 56.9 Å². The maximum Gasteiger partial charge on any atom is 0.250 e. The number of fused-ring (bicyclic) bond motifs is 2. The SMILES string of the molecule is COc1cc(OC)c2c(=O)cc(-c3cc(C)c(OC[C@H](O)CN4CCC(F)(F)CC4)c(C)c3)oc2c1.COc1cc(OC)c2c(=O)cc(-c3cc(C)c(OC[C@H]4CO4)c(C)c3)oc2c1. The zero-order valence-corrected chi connectivity index (χ0v) is 37.2. The van der Waals surface area contributed by atoms with Gasteiger partial charge >= 0.3 is 0 Å². The molecule has 8 rings (SSSR count). The fraction of sp³-hybridized carbons (Fsp3) is 0.388. The van der Waals surface area contributed by atoms with Crippen molar-refractivity contribution in [3.63, 3.8) is 0 Å². The van der Waals surface area contributed by atoms with Gasteiger partial charge in [-0.1, -0.05) is 0 Å². The van der Waals surface area contributed by atoms with Gasteiger partial charge in [0.25, 0.3) is 5.92 Å². The largest absolute Gasteiger partial charge is 0.496 e.